The summed E-state index contributed by atoms with van der Waals surface area (Å²) >= 11 is 0. The van der Waals surface area contributed by atoms with Crippen molar-refractivity contribution in [2.24, 2.45) is 0 Å². The molecule has 1 unspecified atom stereocenters. The first-order chi connectivity index (χ1) is 8.92. The van der Waals surface area contributed by atoms with E-state index in [1.807, 2.05) is 0 Å². The molecule has 0 bridgehead atoms. The summed E-state index contributed by atoms with van der Waals surface area (Å²) in [4.78, 5) is 22.1. The zero-order valence-corrected chi connectivity index (χ0v) is 15.3. The number of carbonyl (C=O) groups is 2. The predicted molar refractivity (Wildman–Crippen MR) is 80.9 cm³/mol. The number of hydrogen-bond donors (Lipinski definition) is 2. The number of rotatable bonds is 12. The van der Waals surface area contributed by atoms with E-state index in [-0.39, 0.29) is 36.0 Å². The Morgan fingerprint density at radius 2 is 1.30 bits per heavy atom. The number of carboxylic acid groups (broad SMARTS) is 1. The molecule has 5 heteroatoms. The Kier molecular flexibility index (Phi) is 14.3. The number of carboxylic acids is 1. The fraction of sp³-hybridized carbons (Fsp3) is 0.867. The molecule has 1 radical (unpaired) electrons. The first-order valence-electron chi connectivity index (χ1n) is 7.42. The molecule has 0 amide bonds. The molecule has 0 aromatic carbocycles. The van der Waals surface area contributed by atoms with Gasteiger partial charge in [0.2, 0.25) is 5.60 Å². The Bertz CT molecular complexity index is 277. The number of unbranched alkanes of at least 4 members (excludes halogenated alkanes) is 8. The summed E-state index contributed by atoms with van der Waals surface area (Å²) in [5.74, 6) is -2.06. The van der Waals surface area contributed by atoms with Crippen LogP contribution in [0.3, 0.4) is 0 Å². The Balaban J connectivity index is 0. The first kappa shape index (κ1) is 22.4. The fourth-order valence-corrected chi connectivity index (χ4v) is 1.96. The Hall–Kier alpha value is 0.100. The molecule has 1 atom stereocenters. The second-order valence-corrected chi connectivity index (χ2v) is 5.38. The van der Waals surface area contributed by atoms with Gasteiger partial charge in [-0.15, -0.1) is 0 Å². The van der Waals surface area contributed by atoms with Gasteiger partial charge >= 0.3 is 5.97 Å². The molecule has 0 spiro atoms. The van der Waals surface area contributed by atoms with Gasteiger partial charge in [-0.3, -0.25) is 4.79 Å². The van der Waals surface area contributed by atoms with E-state index in [9.17, 15) is 14.7 Å². The summed E-state index contributed by atoms with van der Waals surface area (Å²) in [6, 6.07) is 0. The van der Waals surface area contributed by atoms with Gasteiger partial charge in [0.05, 0.1) is 0 Å². The minimum Gasteiger partial charge on any atom is -0.479 e. The van der Waals surface area contributed by atoms with E-state index in [1.54, 1.807) is 0 Å². The quantitative estimate of drug-likeness (QED) is 0.330. The zero-order valence-electron chi connectivity index (χ0n) is 13.3. The van der Waals surface area contributed by atoms with Crippen LogP contribution in [0.2, 0.25) is 0 Å². The maximum absolute atomic E-state index is 11.5. The topological polar surface area (TPSA) is 74.6 Å². The third-order valence-electron chi connectivity index (χ3n) is 3.47. The molecule has 0 fully saturated rings. The number of aliphatic carboxylic acids is 1. The van der Waals surface area contributed by atoms with Crippen molar-refractivity contribution < 1.29 is 19.8 Å². The molecule has 4 nitrogen and oxygen atoms in total. The Morgan fingerprint density at radius 1 is 0.900 bits per heavy atom. The summed E-state index contributed by atoms with van der Waals surface area (Å²) in [6.45, 7) is 3.24. The fourth-order valence-electron chi connectivity index (χ4n) is 1.96. The monoisotopic (exact) mass is 295 g/mol. The smallest absolute Gasteiger partial charge is 0.343 e. The van der Waals surface area contributed by atoms with Crippen molar-refractivity contribution in [3.05, 3.63) is 0 Å². The second kappa shape index (κ2) is 12.8. The van der Waals surface area contributed by atoms with Gasteiger partial charge in [0.25, 0.3) is 0 Å². The summed E-state index contributed by atoms with van der Waals surface area (Å²) in [5, 5.41) is 18.1. The van der Waals surface area contributed by atoms with Gasteiger partial charge in [0.15, 0.2) is 5.78 Å². The maximum Gasteiger partial charge on any atom is 0.343 e. The van der Waals surface area contributed by atoms with Crippen LogP contribution in [0.15, 0.2) is 0 Å². The van der Waals surface area contributed by atoms with Crippen LogP contribution in [-0.2, 0) is 9.59 Å². The average molecular weight is 295 g/mol. The van der Waals surface area contributed by atoms with Crippen LogP contribution >= 0.6 is 0 Å². The van der Waals surface area contributed by atoms with Crippen molar-refractivity contribution in [3.8, 4) is 0 Å². The van der Waals surface area contributed by atoms with Crippen molar-refractivity contribution in [3.63, 3.8) is 0 Å². The molecule has 0 aromatic heterocycles. The van der Waals surface area contributed by atoms with Crippen molar-refractivity contribution >= 4 is 41.3 Å². The third-order valence-corrected chi connectivity index (χ3v) is 3.47. The van der Waals surface area contributed by atoms with E-state index in [0.717, 1.165) is 19.8 Å². The van der Waals surface area contributed by atoms with Crippen molar-refractivity contribution in [2.45, 2.75) is 83.7 Å². The summed E-state index contributed by atoms with van der Waals surface area (Å²) in [7, 11) is 0. The van der Waals surface area contributed by atoms with Crippen LogP contribution < -0.4 is 0 Å². The molecule has 2 N–H and O–H groups in total. The normalized spacial score (nSPS) is 13.3. The van der Waals surface area contributed by atoms with Crippen LogP contribution in [0.1, 0.15) is 78.1 Å². The van der Waals surface area contributed by atoms with Crippen molar-refractivity contribution in [2.75, 3.05) is 0 Å². The summed E-state index contributed by atoms with van der Waals surface area (Å²) in [6.07, 6.45) is 10.4. The van der Waals surface area contributed by atoms with Crippen molar-refractivity contribution in [1.29, 1.82) is 0 Å². The first-order valence-corrected chi connectivity index (χ1v) is 7.42. The van der Waals surface area contributed by atoms with E-state index in [2.05, 4.69) is 6.92 Å². The van der Waals surface area contributed by atoms with Crippen LogP contribution in [0.5, 0.6) is 0 Å². The molecule has 0 aliphatic heterocycles. The minimum absolute atomic E-state index is 0. The summed E-state index contributed by atoms with van der Waals surface area (Å²) in [5.41, 5.74) is -2.22. The molecule has 0 aromatic rings. The standard InChI is InChI=1S/C15H28O4.Na/c1-3-4-5-6-7-8-9-10-11-12-13(16)15(2,19)14(17)18;/h19H,3-12H2,1-2H3,(H,17,18);. The van der Waals surface area contributed by atoms with Crippen LogP contribution in [0.4, 0.5) is 0 Å². The number of hydrogen-bond acceptors (Lipinski definition) is 3. The minimum atomic E-state index is -2.22. The molecule has 0 saturated carbocycles. The molecule has 20 heavy (non-hydrogen) atoms. The number of Topliss-reactive ketones (excluding diaryl/α,β-unsaturated/α-hetero) is 1. The Morgan fingerprint density at radius 3 is 1.70 bits per heavy atom. The molecular weight excluding hydrogens is 267 g/mol. The van der Waals surface area contributed by atoms with Crippen molar-refractivity contribution in [1.82, 2.24) is 0 Å². The van der Waals surface area contributed by atoms with E-state index >= 15 is 0 Å². The maximum atomic E-state index is 11.5. The SMILES string of the molecule is CCCCCCCCCCCC(=O)C(C)(O)C(=O)O.[Na]. The van der Waals surface area contributed by atoms with E-state index in [4.69, 9.17) is 5.11 Å². The van der Waals surface area contributed by atoms with Gasteiger partial charge < -0.3 is 10.2 Å². The van der Waals surface area contributed by atoms with E-state index < -0.39 is 17.4 Å². The largest absolute Gasteiger partial charge is 0.479 e. The molecule has 0 heterocycles. The molecule has 0 saturated heterocycles. The number of ketones is 1. The van der Waals surface area contributed by atoms with E-state index in [1.165, 1.54) is 38.5 Å². The summed E-state index contributed by atoms with van der Waals surface area (Å²) < 4.78 is 0. The van der Waals surface area contributed by atoms with Gasteiger partial charge in [-0.2, -0.15) is 0 Å². The van der Waals surface area contributed by atoms with Gasteiger partial charge in [0.1, 0.15) is 0 Å². The third kappa shape index (κ3) is 9.92. The molecule has 113 valence electrons. The van der Waals surface area contributed by atoms with Gasteiger partial charge in [-0.1, -0.05) is 58.3 Å². The van der Waals surface area contributed by atoms with Crippen LogP contribution in [-0.4, -0.2) is 57.1 Å². The number of carbonyl (C=O) groups excluding carboxylic acids is 1. The van der Waals surface area contributed by atoms with Crippen LogP contribution in [0, 0.1) is 0 Å². The van der Waals surface area contributed by atoms with Gasteiger partial charge in [0, 0.05) is 36.0 Å². The number of aliphatic hydroxyl groups is 1. The predicted octanol–water partition coefficient (Wildman–Crippen LogP) is 2.93. The molecule has 0 aliphatic rings. The zero-order chi connectivity index (χ0) is 14.7. The molecule has 0 rings (SSSR count). The molecular formula is C15H28NaO4. The Labute approximate surface area is 144 Å². The van der Waals surface area contributed by atoms with E-state index in [0.29, 0.717) is 6.42 Å². The van der Waals surface area contributed by atoms with Crippen LogP contribution in [0.25, 0.3) is 0 Å². The average Bonchev–Trinajstić information content (AvgIpc) is 2.36. The van der Waals surface area contributed by atoms with Gasteiger partial charge in [-0.05, 0) is 13.3 Å². The molecule has 0 aliphatic carbocycles. The second-order valence-electron chi connectivity index (χ2n) is 5.38. The van der Waals surface area contributed by atoms with Gasteiger partial charge in [-0.25, -0.2) is 4.79 Å².